The molecule has 0 unspecified atom stereocenters. The van der Waals surface area contributed by atoms with Crippen molar-refractivity contribution in [3.63, 3.8) is 0 Å². The molecule has 3 N–H and O–H groups in total. The molecule has 0 radical (unpaired) electrons. The van der Waals surface area contributed by atoms with E-state index < -0.39 is 5.25 Å². The van der Waals surface area contributed by atoms with Gasteiger partial charge in [-0.2, -0.15) is 0 Å². The number of benzene rings is 1. The fraction of sp³-hybridized carbons (Fsp3) is 0.167. The van der Waals surface area contributed by atoms with Gasteiger partial charge in [-0.15, -0.1) is 5.10 Å². The van der Waals surface area contributed by atoms with E-state index in [1.54, 1.807) is 12.1 Å². The second kappa shape index (κ2) is 7.23. The van der Waals surface area contributed by atoms with Crippen LogP contribution in [0.2, 0.25) is 0 Å². The lowest BCUT2D eigenvalue weighted by molar-refractivity contribution is -0.122. The van der Waals surface area contributed by atoms with Gasteiger partial charge in [0, 0.05) is 16.6 Å². The Morgan fingerprint density at radius 1 is 1.43 bits per heavy atom. The Morgan fingerprint density at radius 3 is 2.81 bits per heavy atom. The highest BCUT2D eigenvalue weighted by Gasteiger charge is 2.32. The largest absolute Gasteiger partial charge is 0.326 e. The molecule has 1 aromatic rings. The summed E-state index contributed by atoms with van der Waals surface area (Å²) in [5, 5.41) is 8.54. The van der Waals surface area contributed by atoms with Crippen molar-refractivity contribution in [1.29, 1.82) is 0 Å². The van der Waals surface area contributed by atoms with E-state index in [0.717, 1.165) is 16.2 Å². The number of rotatable bonds is 5. The van der Waals surface area contributed by atoms with Crippen LogP contribution in [0.1, 0.15) is 6.42 Å². The van der Waals surface area contributed by atoms with Crippen LogP contribution in [0.4, 0.5) is 5.69 Å². The lowest BCUT2D eigenvalue weighted by Gasteiger charge is -2.07. The molecular formula is C12H11BrN4O3S. The van der Waals surface area contributed by atoms with Crippen LogP contribution >= 0.6 is 27.7 Å². The topological polar surface area (TPSA) is 99.7 Å². The van der Waals surface area contributed by atoms with Crippen LogP contribution in [0.25, 0.3) is 0 Å². The molecule has 2 rings (SSSR count). The van der Waals surface area contributed by atoms with E-state index in [9.17, 15) is 14.4 Å². The summed E-state index contributed by atoms with van der Waals surface area (Å²) in [6.45, 7) is 0. The summed E-state index contributed by atoms with van der Waals surface area (Å²) in [7, 11) is 0. The molecule has 0 bridgehead atoms. The van der Waals surface area contributed by atoms with Gasteiger partial charge < -0.3 is 10.6 Å². The Balaban J connectivity index is 1.89. The summed E-state index contributed by atoms with van der Waals surface area (Å²) in [5.41, 5.74) is 2.75. The number of halogens is 1. The summed E-state index contributed by atoms with van der Waals surface area (Å²) in [6, 6.07) is 7.13. The number of carbonyl (C=O) groups is 3. The molecule has 1 heterocycles. The monoisotopic (exact) mass is 370 g/mol. The number of nitrogens with zero attached hydrogens (tertiary/aromatic N) is 1. The maximum absolute atomic E-state index is 11.9. The van der Waals surface area contributed by atoms with E-state index in [1.165, 1.54) is 0 Å². The van der Waals surface area contributed by atoms with E-state index >= 15 is 0 Å². The number of amidine groups is 1. The average Bonchev–Trinajstić information content (AvgIpc) is 2.79. The molecule has 7 nitrogen and oxygen atoms in total. The maximum Gasteiger partial charge on any atom is 0.240 e. The Labute approximate surface area is 133 Å². The number of nitrogens with one attached hydrogen (secondary N) is 3. The van der Waals surface area contributed by atoms with Crippen LogP contribution in [0.5, 0.6) is 0 Å². The molecule has 21 heavy (non-hydrogen) atoms. The van der Waals surface area contributed by atoms with Crippen molar-refractivity contribution in [1.82, 2.24) is 10.7 Å². The molecule has 1 aromatic carbocycles. The van der Waals surface area contributed by atoms with Gasteiger partial charge in [0.15, 0.2) is 5.17 Å². The van der Waals surface area contributed by atoms with Gasteiger partial charge in [-0.3, -0.25) is 14.4 Å². The summed E-state index contributed by atoms with van der Waals surface area (Å²) in [4.78, 5) is 33.7. The number of hydrazone groups is 1. The quantitative estimate of drug-likeness (QED) is 0.532. The van der Waals surface area contributed by atoms with Crippen LogP contribution in [0, 0.1) is 0 Å². The van der Waals surface area contributed by atoms with Gasteiger partial charge in [-0.25, -0.2) is 5.43 Å². The molecule has 1 saturated heterocycles. The first-order valence-corrected chi connectivity index (χ1v) is 7.55. The van der Waals surface area contributed by atoms with Crippen molar-refractivity contribution in [2.75, 3.05) is 5.32 Å². The number of anilines is 1. The van der Waals surface area contributed by atoms with E-state index in [4.69, 9.17) is 0 Å². The third kappa shape index (κ3) is 4.57. The smallest absolute Gasteiger partial charge is 0.240 e. The minimum absolute atomic E-state index is 0.0205. The molecule has 1 aliphatic rings. The second-order valence-corrected chi connectivity index (χ2v) is 6.13. The van der Waals surface area contributed by atoms with Crippen LogP contribution in [-0.2, 0) is 14.4 Å². The van der Waals surface area contributed by atoms with E-state index in [2.05, 4.69) is 37.1 Å². The first-order valence-electron chi connectivity index (χ1n) is 5.88. The van der Waals surface area contributed by atoms with Crippen LogP contribution in [0.3, 0.4) is 0 Å². The molecule has 0 aromatic heterocycles. The highest BCUT2D eigenvalue weighted by atomic mass is 79.9. The van der Waals surface area contributed by atoms with Gasteiger partial charge in [-0.05, 0) is 24.3 Å². The molecule has 0 aliphatic carbocycles. The summed E-state index contributed by atoms with van der Waals surface area (Å²) >= 11 is 4.40. The Morgan fingerprint density at radius 2 is 2.14 bits per heavy atom. The molecule has 3 amide bonds. The highest BCUT2D eigenvalue weighted by molar-refractivity contribution is 9.10. The molecular weight excluding hydrogens is 360 g/mol. The Bertz CT molecular complexity index is 591. The minimum atomic E-state index is -0.562. The third-order valence-corrected chi connectivity index (χ3v) is 4.10. The van der Waals surface area contributed by atoms with Crippen molar-refractivity contribution >= 4 is 56.8 Å². The number of hydrogen-bond donors (Lipinski definition) is 3. The van der Waals surface area contributed by atoms with E-state index in [1.807, 2.05) is 12.1 Å². The maximum atomic E-state index is 11.9. The normalized spacial score (nSPS) is 19.2. The first kappa shape index (κ1) is 15.5. The molecule has 110 valence electrons. The number of hydrogen-bond acceptors (Lipinski definition) is 5. The summed E-state index contributed by atoms with van der Waals surface area (Å²) in [6.07, 6.45) is 0.417. The predicted octanol–water partition coefficient (Wildman–Crippen LogP) is 1.03. The molecule has 1 aliphatic heterocycles. The zero-order chi connectivity index (χ0) is 15.2. The molecule has 0 spiro atoms. The van der Waals surface area contributed by atoms with Gasteiger partial charge in [0.1, 0.15) is 5.25 Å². The minimum Gasteiger partial charge on any atom is -0.326 e. The number of amides is 3. The summed E-state index contributed by atoms with van der Waals surface area (Å²) < 4.78 is 0.912. The molecule has 1 atom stereocenters. The van der Waals surface area contributed by atoms with Crippen molar-refractivity contribution in [3.05, 3.63) is 28.7 Å². The number of carbonyl (C=O) groups excluding carboxylic acids is 3. The van der Waals surface area contributed by atoms with Gasteiger partial charge in [-0.1, -0.05) is 27.7 Å². The Kier molecular flexibility index (Phi) is 5.34. The van der Waals surface area contributed by atoms with Crippen molar-refractivity contribution < 1.29 is 14.4 Å². The molecule has 0 saturated carbocycles. The standard InChI is InChI=1S/C12H11BrN4O3S/c13-7-1-3-8(4-2-7)15-10(19)5-9-11(20)16-12(21-9)17-14-6-18/h1-4,6,9H,5H2,(H,14,18)(H,15,19)(H,16,17,20)/t9-/m1/s1. The average molecular weight is 371 g/mol. The second-order valence-electron chi connectivity index (χ2n) is 4.02. The lowest BCUT2D eigenvalue weighted by atomic mass is 10.2. The number of thioether (sulfide) groups is 1. The SMILES string of the molecule is O=CN/N=C1/NC(=O)[C@@H](CC(=O)Nc2ccc(Br)cc2)S1. The third-order valence-electron chi connectivity index (χ3n) is 2.49. The highest BCUT2D eigenvalue weighted by Crippen LogP contribution is 2.23. The summed E-state index contributed by atoms with van der Waals surface area (Å²) in [5.74, 6) is -0.577. The van der Waals surface area contributed by atoms with Crippen LogP contribution < -0.4 is 16.1 Å². The first-order chi connectivity index (χ1) is 10.1. The van der Waals surface area contributed by atoms with Gasteiger partial charge >= 0.3 is 0 Å². The zero-order valence-electron chi connectivity index (χ0n) is 10.6. The van der Waals surface area contributed by atoms with Crippen LogP contribution in [-0.4, -0.2) is 28.6 Å². The van der Waals surface area contributed by atoms with Crippen molar-refractivity contribution in [2.24, 2.45) is 5.10 Å². The van der Waals surface area contributed by atoms with Gasteiger partial charge in [0.2, 0.25) is 18.2 Å². The van der Waals surface area contributed by atoms with Crippen molar-refractivity contribution in [3.8, 4) is 0 Å². The van der Waals surface area contributed by atoms with Crippen molar-refractivity contribution in [2.45, 2.75) is 11.7 Å². The fourth-order valence-corrected chi connectivity index (χ4v) is 2.79. The Hall–Kier alpha value is -1.87. The fourth-order valence-electron chi connectivity index (χ4n) is 1.59. The van der Waals surface area contributed by atoms with Gasteiger partial charge in [0.25, 0.3) is 0 Å². The molecule has 9 heteroatoms. The lowest BCUT2D eigenvalue weighted by Crippen LogP contribution is -2.28. The van der Waals surface area contributed by atoms with Crippen LogP contribution in [0.15, 0.2) is 33.8 Å². The van der Waals surface area contributed by atoms with E-state index in [-0.39, 0.29) is 23.4 Å². The zero-order valence-corrected chi connectivity index (χ0v) is 13.0. The van der Waals surface area contributed by atoms with E-state index in [0.29, 0.717) is 12.1 Å². The van der Waals surface area contributed by atoms with Gasteiger partial charge in [0.05, 0.1) is 0 Å². The predicted molar refractivity (Wildman–Crippen MR) is 83.5 cm³/mol. The molecule has 1 fully saturated rings.